The largest absolute Gasteiger partial charge is 0.467 e. The van der Waals surface area contributed by atoms with Crippen LogP contribution in [-0.4, -0.2) is 42.6 Å². The van der Waals surface area contributed by atoms with Crippen LogP contribution in [0.5, 0.6) is 0 Å². The minimum Gasteiger partial charge on any atom is -0.467 e. The van der Waals surface area contributed by atoms with Crippen LogP contribution in [-0.2, 0) is 25.7 Å². The number of alkyl carbamates (subject to hydrolysis) is 1. The van der Waals surface area contributed by atoms with E-state index in [2.05, 4.69) is 5.32 Å². The van der Waals surface area contributed by atoms with Crippen LogP contribution in [0.1, 0.15) is 30.0 Å². The number of likely N-dealkylation sites (tertiary alicyclic amines) is 1. The number of hydrogen-bond acceptors (Lipinski definition) is 5. The van der Waals surface area contributed by atoms with Crippen LogP contribution < -0.4 is 5.32 Å². The minimum atomic E-state index is -0.954. The Morgan fingerprint density at radius 3 is 2.38 bits per heavy atom. The summed E-state index contributed by atoms with van der Waals surface area (Å²) in [6.45, 7) is 0.527. The van der Waals surface area contributed by atoms with Crippen LogP contribution in [0.4, 0.5) is 4.79 Å². The highest BCUT2D eigenvalue weighted by molar-refractivity contribution is 5.91. The van der Waals surface area contributed by atoms with Gasteiger partial charge in [-0.3, -0.25) is 4.79 Å². The summed E-state index contributed by atoms with van der Waals surface area (Å²) in [7, 11) is 1.30. The zero-order valence-corrected chi connectivity index (χ0v) is 16.2. The maximum absolute atomic E-state index is 13.2. The lowest BCUT2D eigenvalue weighted by Crippen LogP contribution is -2.47. The lowest BCUT2D eigenvalue weighted by Gasteiger charge is -2.28. The molecule has 2 atom stereocenters. The van der Waals surface area contributed by atoms with E-state index in [0.717, 1.165) is 5.56 Å². The quantitative estimate of drug-likeness (QED) is 0.759. The Bertz CT molecular complexity index is 841. The van der Waals surface area contributed by atoms with Crippen molar-refractivity contribution in [1.82, 2.24) is 10.2 Å². The third-order valence-corrected chi connectivity index (χ3v) is 4.86. The van der Waals surface area contributed by atoms with Gasteiger partial charge in [0.15, 0.2) is 0 Å². The summed E-state index contributed by atoms with van der Waals surface area (Å²) >= 11 is 0. The van der Waals surface area contributed by atoms with Gasteiger partial charge in [0.05, 0.1) is 7.11 Å². The van der Waals surface area contributed by atoms with Crippen molar-refractivity contribution in [3.05, 3.63) is 71.8 Å². The number of esters is 1. The van der Waals surface area contributed by atoms with E-state index in [-0.39, 0.29) is 12.5 Å². The predicted octanol–water partition coefficient (Wildman–Crippen LogP) is 2.82. The summed E-state index contributed by atoms with van der Waals surface area (Å²) in [5, 5.41) is 2.65. The molecule has 1 saturated heterocycles. The molecule has 2 aromatic carbocycles. The smallest absolute Gasteiger partial charge is 0.408 e. The molecule has 1 heterocycles. The molecule has 29 heavy (non-hydrogen) atoms. The monoisotopic (exact) mass is 396 g/mol. The Morgan fingerprint density at radius 1 is 1.07 bits per heavy atom. The molecule has 0 bridgehead atoms. The first-order valence-electron chi connectivity index (χ1n) is 9.50. The highest BCUT2D eigenvalue weighted by Crippen LogP contribution is 2.24. The Morgan fingerprint density at radius 2 is 1.72 bits per heavy atom. The van der Waals surface area contributed by atoms with Crippen molar-refractivity contribution in [1.29, 1.82) is 0 Å². The summed E-state index contributed by atoms with van der Waals surface area (Å²) in [5.41, 5.74) is 1.46. The van der Waals surface area contributed by atoms with Crippen molar-refractivity contribution in [2.45, 2.75) is 31.5 Å². The van der Waals surface area contributed by atoms with Gasteiger partial charge in [-0.25, -0.2) is 9.59 Å². The number of benzene rings is 2. The molecule has 1 fully saturated rings. The maximum Gasteiger partial charge on any atom is 0.408 e. The van der Waals surface area contributed by atoms with Gasteiger partial charge in [0.1, 0.15) is 18.7 Å². The highest BCUT2D eigenvalue weighted by atomic mass is 16.5. The molecular weight excluding hydrogens is 372 g/mol. The lowest BCUT2D eigenvalue weighted by atomic mass is 10.1. The van der Waals surface area contributed by atoms with Crippen LogP contribution >= 0.6 is 0 Å². The number of amides is 2. The first-order valence-corrected chi connectivity index (χ1v) is 9.50. The van der Waals surface area contributed by atoms with Crippen molar-refractivity contribution < 1.29 is 23.9 Å². The molecule has 0 aliphatic carbocycles. The summed E-state index contributed by atoms with van der Waals surface area (Å²) < 4.78 is 10.1. The predicted molar refractivity (Wildman–Crippen MR) is 106 cm³/mol. The molecule has 152 valence electrons. The number of carbonyl (C=O) groups is 3. The Balaban J connectivity index is 1.73. The van der Waals surface area contributed by atoms with Crippen LogP contribution in [0.25, 0.3) is 0 Å². The fourth-order valence-electron chi connectivity index (χ4n) is 3.39. The standard InChI is InChI=1S/C22H24N2O5/c1-28-21(26)18-13-8-14-24(18)20(25)19(17-11-6-3-7-12-17)23-22(27)29-15-16-9-4-2-5-10-16/h2-7,9-12,18-19H,8,13-15H2,1H3,(H,23,27)/t18-,19-/m0/s1. The maximum atomic E-state index is 13.2. The van der Waals surface area contributed by atoms with Gasteiger partial charge in [-0.05, 0) is 24.0 Å². The second-order valence-electron chi connectivity index (χ2n) is 6.76. The molecule has 2 aromatic rings. The second-order valence-corrected chi connectivity index (χ2v) is 6.76. The molecule has 0 saturated carbocycles. The van der Waals surface area contributed by atoms with Crippen molar-refractivity contribution in [2.75, 3.05) is 13.7 Å². The van der Waals surface area contributed by atoms with Gasteiger partial charge in [0.2, 0.25) is 0 Å². The summed E-state index contributed by atoms with van der Waals surface area (Å²) in [6, 6.07) is 16.6. The Labute approximate surface area is 169 Å². The molecule has 0 aromatic heterocycles. The average Bonchev–Trinajstić information content (AvgIpc) is 3.26. The molecule has 7 heteroatoms. The molecule has 0 spiro atoms. The first-order chi connectivity index (χ1) is 14.1. The molecule has 1 aliphatic heterocycles. The molecule has 0 radical (unpaired) electrons. The van der Waals surface area contributed by atoms with Crippen molar-refractivity contribution >= 4 is 18.0 Å². The third-order valence-electron chi connectivity index (χ3n) is 4.86. The molecule has 3 rings (SSSR count). The molecule has 2 amide bonds. The van der Waals surface area contributed by atoms with Gasteiger partial charge < -0.3 is 19.7 Å². The zero-order valence-electron chi connectivity index (χ0n) is 16.2. The third kappa shape index (κ3) is 5.13. The van der Waals surface area contributed by atoms with Crippen LogP contribution in [0.15, 0.2) is 60.7 Å². The van der Waals surface area contributed by atoms with Crippen molar-refractivity contribution in [3.63, 3.8) is 0 Å². The van der Waals surface area contributed by atoms with E-state index in [0.29, 0.717) is 24.9 Å². The van der Waals surface area contributed by atoms with Crippen LogP contribution in [0.3, 0.4) is 0 Å². The van der Waals surface area contributed by atoms with E-state index in [4.69, 9.17) is 9.47 Å². The lowest BCUT2D eigenvalue weighted by molar-refractivity contribution is -0.151. The van der Waals surface area contributed by atoms with E-state index in [1.165, 1.54) is 12.0 Å². The zero-order chi connectivity index (χ0) is 20.6. The van der Waals surface area contributed by atoms with Gasteiger partial charge in [0, 0.05) is 6.54 Å². The summed E-state index contributed by atoms with van der Waals surface area (Å²) in [5.74, 6) is -0.810. The van der Waals surface area contributed by atoms with Gasteiger partial charge in [-0.2, -0.15) is 0 Å². The fraction of sp³-hybridized carbons (Fsp3) is 0.318. The van der Waals surface area contributed by atoms with Crippen LogP contribution in [0, 0.1) is 0 Å². The van der Waals surface area contributed by atoms with Gasteiger partial charge in [0.25, 0.3) is 5.91 Å². The topological polar surface area (TPSA) is 84.9 Å². The SMILES string of the molecule is COC(=O)[C@@H]1CCCN1C(=O)[C@@H](NC(=O)OCc1ccccc1)c1ccccc1. The number of hydrogen-bond donors (Lipinski definition) is 1. The van der Waals surface area contributed by atoms with E-state index in [1.807, 2.05) is 36.4 Å². The number of nitrogens with zero attached hydrogens (tertiary/aromatic N) is 1. The normalized spacial score (nSPS) is 16.7. The summed E-state index contributed by atoms with van der Waals surface area (Å²) in [6.07, 6.45) is 0.536. The van der Waals surface area contributed by atoms with Gasteiger partial charge in [-0.1, -0.05) is 60.7 Å². The van der Waals surface area contributed by atoms with E-state index in [9.17, 15) is 14.4 Å². The first kappa shape index (κ1) is 20.4. The van der Waals surface area contributed by atoms with Crippen LogP contribution in [0.2, 0.25) is 0 Å². The van der Waals surface area contributed by atoms with Gasteiger partial charge in [-0.15, -0.1) is 0 Å². The number of methoxy groups -OCH3 is 1. The molecular formula is C22H24N2O5. The number of ether oxygens (including phenoxy) is 2. The number of rotatable bonds is 6. The Hall–Kier alpha value is -3.35. The second kappa shape index (κ2) is 9.73. The fourth-order valence-corrected chi connectivity index (χ4v) is 3.39. The van der Waals surface area contributed by atoms with E-state index >= 15 is 0 Å². The average molecular weight is 396 g/mol. The molecule has 1 aliphatic rings. The summed E-state index contributed by atoms with van der Waals surface area (Å²) in [4.78, 5) is 39.1. The molecule has 0 unspecified atom stereocenters. The minimum absolute atomic E-state index is 0.0941. The number of carbonyl (C=O) groups excluding carboxylic acids is 3. The molecule has 7 nitrogen and oxygen atoms in total. The number of nitrogens with one attached hydrogen (secondary N) is 1. The van der Waals surface area contributed by atoms with Crippen molar-refractivity contribution in [3.8, 4) is 0 Å². The van der Waals surface area contributed by atoms with E-state index < -0.39 is 24.1 Å². The highest BCUT2D eigenvalue weighted by Gasteiger charge is 2.38. The van der Waals surface area contributed by atoms with Crippen molar-refractivity contribution in [2.24, 2.45) is 0 Å². The van der Waals surface area contributed by atoms with Gasteiger partial charge >= 0.3 is 12.1 Å². The van der Waals surface area contributed by atoms with E-state index in [1.54, 1.807) is 24.3 Å². The molecule has 1 N–H and O–H groups in total. The Kier molecular flexibility index (Phi) is 6.84.